The molecule has 3 heteroatoms. The Kier molecular flexibility index (Phi) is 7.65. The number of hydrogen-bond acceptors (Lipinski definition) is 3. The monoisotopic (exact) mass is 334 g/mol. The quantitative estimate of drug-likeness (QED) is 0.578. The maximum Gasteiger partial charge on any atom is 0.0919 e. The summed E-state index contributed by atoms with van der Waals surface area (Å²) in [7, 11) is 0. The van der Waals surface area contributed by atoms with Gasteiger partial charge in [-0.15, -0.1) is 6.42 Å². The van der Waals surface area contributed by atoms with Crippen molar-refractivity contribution in [1.82, 2.24) is 0 Å². The fourth-order valence-electron chi connectivity index (χ4n) is 2.32. The standard InChI is InChI=1S/C19H18N2.C3H8O/c1-4-19(21)18(12-20)17-10-14(3)9-16(11-17)15-7-5-6-13(2)8-15;1-3(2)4/h1,5-12,20H,21H2,2-3H3;3-4H,1-2H3/b19-18+,20-12?;. The van der Waals surface area contributed by atoms with Crippen LogP contribution in [0.1, 0.15) is 30.5 Å². The highest BCUT2D eigenvalue weighted by molar-refractivity contribution is 6.10. The van der Waals surface area contributed by atoms with Gasteiger partial charge in [0.15, 0.2) is 0 Å². The molecule has 0 aliphatic rings. The Morgan fingerprint density at radius 3 is 2.24 bits per heavy atom. The van der Waals surface area contributed by atoms with Gasteiger partial charge in [-0.2, -0.15) is 0 Å². The first-order chi connectivity index (χ1) is 11.8. The summed E-state index contributed by atoms with van der Waals surface area (Å²) in [6.07, 6.45) is 6.40. The molecular formula is C22H26N2O. The topological polar surface area (TPSA) is 70.1 Å². The second-order valence-corrected chi connectivity index (χ2v) is 6.17. The minimum Gasteiger partial charge on any atom is -0.394 e. The van der Waals surface area contributed by atoms with E-state index in [1.165, 1.54) is 11.8 Å². The van der Waals surface area contributed by atoms with Gasteiger partial charge in [-0.25, -0.2) is 0 Å². The average Bonchev–Trinajstić information content (AvgIpc) is 2.54. The second-order valence-electron chi connectivity index (χ2n) is 6.17. The Hall–Kier alpha value is -2.83. The molecule has 0 aromatic heterocycles. The van der Waals surface area contributed by atoms with E-state index in [1.54, 1.807) is 13.8 Å². The van der Waals surface area contributed by atoms with Crippen LogP contribution >= 0.6 is 0 Å². The van der Waals surface area contributed by atoms with E-state index in [4.69, 9.17) is 22.7 Å². The maximum absolute atomic E-state index is 8.06. The van der Waals surface area contributed by atoms with Crippen molar-refractivity contribution in [2.75, 3.05) is 0 Å². The van der Waals surface area contributed by atoms with Crippen molar-refractivity contribution in [2.45, 2.75) is 33.8 Å². The number of aliphatic hydroxyl groups excluding tert-OH is 1. The van der Waals surface area contributed by atoms with Gasteiger partial charge in [-0.05, 0) is 56.0 Å². The summed E-state index contributed by atoms with van der Waals surface area (Å²) in [5.41, 5.74) is 12.1. The van der Waals surface area contributed by atoms with Crippen molar-refractivity contribution in [3.05, 3.63) is 64.9 Å². The SMILES string of the molecule is C#C/C(N)=C(/C=N)c1cc(C)cc(-c2cccc(C)c2)c1.CC(C)O. The second kappa shape index (κ2) is 9.46. The largest absolute Gasteiger partial charge is 0.394 e. The number of benzene rings is 2. The summed E-state index contributed by atoms with van der Waals surface area (Å²) < 4.78 is 0. The number of nitrogens with two attached hydrogens (primary N) is 1. The summed E-state index contributed by atoms with van der Waals surface area (Å²) in [6, 6.07) is 14.4. The van der Waals surface area contributed by atoms with Gasteiger partial charge in [0.1, 0.15) is 0 Å². The molecule has 2 rings (SSSR count). The number of hydrogen-bond donors (Lipinski definition) is 3. The van der Waals surface area contributed by atoms with E-state index < -0.39 is 0 Å². The predicted molar refractivity (Wildman–Crippen MR) is 107 cm³/mol. The van der Waals surface area contributed by atoms with Gasteiger partial charge in [0.25, 0.3) is 0 Å². The number of allylic oxidation sites excluding steroid dienone is 2. The van der Waals surface area contributed by atoms with Crippen molar-refractivity contribution < 1.29 is 5.11 Å². The molecule has 130 valence electrons. The summed E-state index contributed by atoms with van der Waals surface area (Å²) >= 11 is 0. The van der Waals surface area contributed by atoms with Gasteiger partial charge < -0.3 is 16.2 Å². The number of aliphatic hydroxyl groups is 1. The molecule has 2 aromatic carbocycles. The smallest absolute Gasteiger partial charge is 0.0919 e. The van der Waals surface area contributed by atoms with Crippen molar-refractivity contribution in [3.8, 4) is 23.5 Å². The molecule has 0 aliphatic carbocycles. The first-order valence-electron chi connectivity index (χ1n) is 8.12. The minimum atomic E-state index is -0.167. The lowest BCUT2D eigenvalue weighted by Crippen LogP contribution is -2.01. The lowest BCUT2D eigenvalue weighted by molar-refractivity contribution is 0.216. The van der Waals surface area contributed by atoms with Crippen LogP contribution in [-0.2, 0) is 0 Å². The zero-order valence-corrected chi connectivity index (χ0v) is 15.3. The molecule has 0 heterocycles. The zero-order valence-electron chi connectivity index (χ0n) is 15.3. The van der Waals surface area contributed by atoms with Crippen LogP contribution in [0.25, 0.3) is 16.7 Å². The molecule has 0 fully saturated rings. The Morgan fingerprint density at radius 2 is 1.72 bits per heavy atom. The van der Waals surface area contributed by atoms with Crippen molar-refractivity contribution in [1.29, 1.82) is 5.41 Å². The van der Waals surface area contributed by atoms with Gasteiger partial charge in [0.05, 0.1) is 5.70 Å². The van der Waals surface area contributed by atoms with Crippen molar-refractivity contribution >= 4 is 11.8 Å². The highest BCUT2D eigenvalue weighted by Gasteiger charge is 2.07. The maximum atomic E-state index is 8.06. The number of nitrogens with one attached hydrogen (secondary N) is 1. The van der Waals surface area contributed by atoms with Crippen LogP contribution in [0.5, 0.6) is 0 Å². The van der Waals surface area contributed by atoms with Gasteiger partial charge in [-0.1, -0.05) is 47.9 Å². The summed E-state index contributed by atoms with van der Waals surface area (Å²) in [4.78, 5) is 0. The molecule has 25 heavy (non-hydrogen) atoms. The van der Waals surface area contributed by atoms with E-state index in [1.807, 2.05) is 25.1 Å². The van der Waals surface area contributed by atoms with E-state index in [0.29, 0.717) is 5.57 Å². The lowest BCUT2D eigenvalue weighted by Gasteiger charge is -2.10. The lowest BCUT2D eigenvalue weighted by atomic mass is 9.95. The van der Waals surface area contributed by atoms with E-state index in [2.05, 4.69) is 37.1 Å². The van der Waals surface area contributed by atoms with Crippen LogP contribution in [0.2, 0.25) is 0 Å². The third-order valence-corrected chi connectivity index (χ3v) is 3.33. The van der Waals surface area contributed by atoms with E-state index in [-0.39, 0.29) is 11.8 Å². The van der Waals surface area contributed by atoms with Crippen LogP contribution in [0.3, 0.4) is 0 Å². The third-order valence-electron chi connectivity index (χ3n) is 3.33. The Labute approximate surface area is 150 Å². The van der Waals surface area contributed by atoms with Crippen molar-refractivity contribution in [3.63, 3.8) is 0 Å². The van der Waals surface area contributed by atoms with Gasteiger partial charge >= 0.3 is 0 Å². The van der Waals surface area contributed by atoms with Crippen LogP contribution in [0.4, 0.5) is 0 Å². The fraction of sp³-hybridized carbons (Fsp3) is 0.227. The van der Waals surface area contributed by atoms with Gasteiger partial charge in [0, 0.05) is 17.9 Å². The molecule has 0 saturated heterocycles. The Balaban J connectivity index is 0.000000705. The van der Waals surface area contributed by atoms with Crippen LogP contribution in [0.15, 0.2) is 48.2 Å². The molecule has 4 N–H and O–H groups in total. The first-order valence-corrected chi connectivity index (χ1v) is 8.12. The normalized spacial score (nSPS) is 11.1. The fourth-order valence-corrected chi connectivity index (χ4v) is 2.32. The van der Waals surface area contributed by atoms with Gasteiger partial charge in [0.2, 0.25) is 0 Å². The van der Waals surface area contributed by atoms with Crippen molar-refractivity contribution in [2.24, 2.45) is 5.73 Å². The van der Waals surface area contributed by atoms with E-state index in [0.717, 1.165) is 22.3 Å². The predicted octanol–water partition coefficient (Wildman–Crippen LogP) is 4.31. The molecule has 0 spiro atoms. The molecule has 0 saturated carbocycles. The van der Waals surface area contributed by atoms with E-state index in [9.17, 15) is 0 Å². The zero-order chi connectivity index (χ0) is 19.0. The first kappa shape index (κ1) is 20.2. The summed E-state index contributed by atoms with van der Waals surface area (Å²) in [5.74, 6) is 2.41. The highest BCUT2D eigenvalue weighted by Crippen LogP contribution is 2.26. The molecule has 0 aliphatic heterocycles. The molecule has 2 aromatic rings. The van der Waals surface area contributed by atoms with E-state index >= 15 is 0 Å². The summed E-state index contributed by atoms with van der Waals surface area (Å²) in [5, 5.41) is 15.6. The molecule has 0 atom stereocenters. The van der Waals surface area contributed by atoms with Crippen LogP contribution in [-0.4, -0.2) is 17.4 Å². The summed E-state index contributed by atoms with van der Waals surface area (Å²) in [6.45, 7) is 7.54. The highest BCUT2D eigenvalue weighted by atomic mass is 16.3. The number of rotatable bonds is 3. The van der Waals surface area contributed by atoms with Gasteiger partial charge in [-0.3, -0.25) is 0 Å². The molecular weight excluding hydrogens is 308 g/mol. The molecule has 0 radical (unpaired) electrons. The average molecular weight is 334 g/mol. The Bertz CT molecular complexity index is 808. The molecule has 0 unspecified atom stereocenters. The Morgan fingerprint density at radius 1 is 1.12 bits per heavy atom. The number of terminal acetylenes is 1. The third kappa shape index (κ3) is 6.29. The molecule has 0 amide bonds. The molecule has 3 nitrogen and oxygen atoms in total. The van der Waals surface area contributed by atoms with Crippen LogP contribution < -0.4 is 5.73 Å². The minimum absolute atomic E-state index is 0.167. The number of aryl methyl sites for hydroxylation is 2. The van der Waals surface area contributed by atoms with Crippen LogP contribution in [0, 0.1) is 31.6 Å². The molecule has 0 bridgehead atoms.